The maximum atomic E-state index is 13.8. The maximum absolute atomic E-state index is 13.8. The van der Waals surface area contributed by atoms with E-state index in [2.05, 4.69) is 24.0 Å². The lowest BCUT2D eigenvalue weighted by Gasteiger charge is -2.47. The van der Waals surface area contributed by atoms with Crippen LogP contribution < -0.4 is 9.64 Å². The van der Waals surface area contributed by atoms with E-state index in [1.54, 1.807) is 17.0 Å². The minimum absolute atomic E-state index is 0.0688. The third kappa shape index (κ3) is 3.92. The number of hydrogen-bond donors (Lipinski definition) is 0. The standard InChI is InChI=1S/C24H27FN2O2/c1-3-29-22-9-4-6-19(14-22)17-26-13-12-24(16-18(26)2)11-10-23(28)27(24)21-8-5-7-20(25)15-21/h4-11,14-15,18H,3,12-13,16-17H2,1-2H3/t18-,24+/m1/s1. The van der Waals surface area contributed by atoms with E-state index >= 15 is 0 Å². The van der Waals surface area contributed by atoms with Crippen LogP contribution in [0.1, 0.15) is 32.3 Å². The SMILES string of the molecule is CCOc1cccc(CN2CC[C@@]3(C=CC(=O)N3c3cccc(F)c3)C[C@H]2C)c1. The van der Waals surface area contributed by atoms with Crippen molar-refractivity contribution < 1.29 is 13.9 Å². The minimum atomic E-state index is -0.381. The molecule has 2 atom stereocenters. The molecule has 0 N–H and O–H groups in total. The van der Waals surface area contributed by atoms with Gasteiger partial charge in [0.15, 0.2) is 0 Å². The van der Waals surface area contributed by atoms with Crippen molar-refractivity contribution in [2.45, 2.75) is 44.8 Å². The van der Waals surface area contributed by atoms with E-state index in [0.29, 0.717) is 12.3 Å². The van der Waals surface area contributed by atoms with Gasteiger partial charge in [-0.25, -0.2) is 4.39 Å². The van der Waals surface area contributed by atoms with E-state index in [9.17, 15) is 9.18 Å². The lowest BCUT2D eigenvalue weighted by atomic mass is 9.82. The summed E-state index contributed by atoms with van der Waals surface area (Å²) in [6.45, 7) is 6.55. The van der Waals surface area contributed by atoms with Gasteiger partial charge in [-0.2, -0.15) is 0 Å². The lowest BCUT2D eigenvalue weighted by molar-refractivity contribution is -0.114. The minimum Gasteiger partial charge on any atom is -0.494 e. The molecule has 0 bridgehead atoms. The first-order valence-electron chi connectivity index (χ1n) is 10.3. The second kappa shape index (κ2) is 7.99. The van der Waals surface area contributed by atoms with Gasteiger partial charge in [0, 0.05) is 30.9 Å². The molecule has 1 spiro atoms. The van der Waals surface area contributed by atoms with Crippen LogP contribution in [0.5, 0.6) is 5.75 Å². The van der Waals surface area contributed by atoms with Crippen molar-refractivity contribution in [1.29, 1.82) is 0 Å². The Morgan fingerprint density at radius 1 is 1.21 bits per heavy atom. The third-order valence-electron chi connectivity index (χ3n) is 5.97. The average molecular weight is 394 g/mol. The van der Waals surface area contributed by atoms with E-state index in [4.69, 9.17) is 4.74 Å². The highest BCUT2D eigenvalue weighted by atomic mass is 19.1. The summed E-state index contributed by atoms with van der Waals surface area (Å²) in [5, 5.41) is 0. The van der Waals surface area contributed by atoms with Crippen LogP contribution in [-0.4, -0.2) is 35.5 Å². The zero-order valence-corrected chi connectivity index (χ0v) is 17.0. The van der Waals surface area contributed by atoms with Gasteiger partial charge in [0.25, 0.3) is 5.91 Å². The first kappa shape index (κ1) is 19.6. The fourth-order valence-corrected chi connectivity index (χ4v) is 4.62. The quantitative estimate of drug-likeness (QED) is 0.746. The molecule has 2 aliphatic heterocycles. The fourth-order valence-electron chi connectivity index (χ4n) is 4.62. The summed E-state index contributed by atoms with van der Waals surface area (Å²) in [6.07, 6.45) is 5.29. The van der Waals surface area contributed by atoms with Crippen molar-refractivity contribution in [3.05, 3.63) is 72.1 Å². The predicted octanol–water partition coefficient (Wildman–Crippen LogP) is 4.55. The molecule has 2 aromatic carbocycles. The Balaban J connectivity index is 1.51. The van der Waals surface area contributed by atoms with Gasteiger partial charge in [0.2, 0.25) is 0 Å². The number of rotatable bonds is 5. The average Bonchev–Trinajstić information content (AvgIpc) is 3.00. The van der Waals surface area contributed by atoms with Gasteiger partial charge in [-0.3, -0.25) is 14.6 Å². The van der Waals surface area contributed by atoms with Gasteiger partial charge in [-0.1, -0.05) is 24.3 Å². The highest BCUT2D eigenvalue weighted by Gasteiger charge is 2.46. The van der Waals surface area contributed by atoms with Gasteiger partial charge in [-0.15, -0.1) is 0 Å². The number of benzene rings is 2. The van der Waals surface area contributed by atoms with Gasteiger partial charge >= 0.3 is 0 Å². The molecule has 4 rings (SSSR count). The zero-order valence-electron chi connectivity index (χ0n) is 17.0. The number of piperidine rings is 1. The van der Waals surface area contributed by atoms with Crippen LogP contribution in [0.15, 0.2) is 60.7 Å². The van der Waals surface area contributed by atoms with Crippen molar-refractivity contribution in [3.63, 3.8) is 0 Å². The highest BCUT2D eigenvalue weighted by molar-refractivity contribution is 6.06. The molecule has 2 aliphatic rings. The molecular formula is C24H27FN2O2. The molecule has 2 aromatic rings. The first-order chi connectivity index (χ1) is 14.0. The third-order valence-corrected chi connectivity index (χ3v) is 5.97. The highest BCUT2D eigenvalue weighted by Crippen LogP contribution is 2.40. The van der Waals surface area contributed by atoms with Crippen molar-refractivity contribution in [1.82, 2.24) is 4.90 Å². The predicted molar refractivity (Wildman–Crippen MR) is 112 cm³/mol. The van der Waals surface area contributed by atoms with Crippen LogP contribution in [0, 0.1) is 5.82 Å². The summed E-state index contributed by atoms with van der Waals surface area (Å²) in [7, 11) is 0. The number of halogens is 1. The Kier molecular flexibility index (Phi) is 5.41. The van der Waals surface area contributed by atoms with Gasteiger partial charge in [0.1, 0.15) is 11.6 Å². The lowest BCUT2D eigenvalue weighted by Crippen LogP contribution is -2.56. The Morgan fingerprint density at radius 3 is 2.79 bits per heavy atom. The number of amides is 1. The molecular weight excluding hydrogens is 367 g/mol. The zero-order chi connectivity index (χ0) is 20.4. The summed E-state index contributed by atoms with van der Waals surface area (Å²) < 4.78 is 19.4. The molecule has 152 valence electrons. The number of nitrogens with zero attached hydrogens (tertiary/aromatic N) is 2. The molecule has 1 fully saturated rings. The number of hydrogen-bond acceptors (Lipinski definition) is 3. The molecule has 1 amide bonds. The molecule has 4 nitrogen and oxygen atoms in total. The van der Waals surface area contributed by atoms with E-state index in [1.807, 2.05) is 31.2 Å². The van der Waals surface area contributed by atoms with Crippen molar-refractivity contribution >= 4 is 11.6 Å². The Labute approximate surface area is 171 Å². The molecule has 0 saturated carbocycles. The molecule has 29 heavy (non-hydrogen) atoms. The van der Waals surface area contributed by atoms with E-state index in [0.717, 1.165) is 31.7 Å². The van der Waals surface area contributed by atoms with Crippen LogP contribution in [0.3, 0.4) is 0 Å². The van der Waals surface area contributed by atoms with E-state index in [1.165, 1.54) is 17.7 Å². The first-order valence-corrected chi connectivity index (χ1v) is 10.3. The van der Waals surface area contributed by atoms with Crippen molar-refractivity contribution in [3.8, 4) is 5.75 Å². The number of anilines is 1. The van der Waals surface area contributed by atoms with E-state index < -0.39 is 0 Å². The number of ether oxygens (including phenoxy) is 1. The number of carbonyl (C=O) groups is 1. The summed E-state index contributed by atoms with van der Waals surface area (Å²) >= 11 is 0. The summed E-state index contributed by atoms with van der Waals surface area (Å²) in [5.74, 6) is 0.505. The topological polar surface area (TPSA) is 32.8 Å². The van der Waals surface area contributed by atoms with Crippen molar-refractivity contribution in [2.75, 3.05) is 18.1 Å². The van der Waals surface area contributed by atoms with Crippen molar-refractivity contribution in [2.24, 2.45) is 0 Å². The van der Waals surface area contributed by atoms with Crippen LogP contribution in [0.25, 0.3) is 0 Å². The van der Waals surface area contributed by atoms with Crippen LogP contribution in [0.2, 0.25) is 0 Å². The smallest absolute Gasteiger partial charge is 0.251 e. The fraction of sp³-hybridized carbons (Fsp3) is 0.375. The Morgan fingerprint density at radius 2 is 2.03 bits per heavy atom. The second-order valence-electron chi connectivity index (χ2n) is 7.94. The largest absolute Gasteiger partial charge is 0.494 e. The van der Waals surface area contributed by atoms with Crippen LogP contribution in [0.4, 0.5) is 10.1 Å². The summed E-state index contributed by atoms with van der Waals surface area (Å²) in [4.78, 5) is 16.8. The maximum Gasteiger partial charge on any atom is 0.251 e. The Bertz CT molecular complexity index is 929. The van der Waals surface area contributed by atoms with Crippen LogP contribution in [-0.2, 0) is 11.3 Å². The van der Waals surface area contributed by atoms with Gasteiger partial charge in [-0.05, 0) is 62.6 Å². The van der Waals surface area contributed by atoms with Gasteiger partial charge < -0.3 is 4.74 Å². The molecule has 0 unspecified atom stereocenters. The van der Waals surface area contributed by atoms with E-state index in [-0.39, 0.29) is 23.3 Å². The number of carbonyl (C=O) groups excluding carboxylic acids is 1. The normalized spacial score (nSPS) is 24.4. The van der Waals surface area contributed by atoms with Gasteiger partial charge in [0.05, 0.1) is 12.1 Å². The molecule has 5 heteroatoms. The molecule has 0 aliphatic carbocycles. The molecule has 1 saturated heterocycles. The monoisotopic (exact) mass is 394 g/mol. The summed E-state index contributed by atoms with van der Waals surface area (Å²) in [6, 6.07) is 14.8. The molecule has 0 radical (unpaired) electrons. The number of likely N-dealkylation sites (tertiary alicyclic amines) is 1. The Hall–Kier alpha value is -2.66. The second-order valence-corrected chi connectivity index (χ2v) is 7.94. The molecule has 0 aromatic heterocycles. The van der Waals surface area contributed by atoms with Crippen LogP contribution >= 0.6 is 0 Å². The molecule has 2 heterocycles. The summed E-state index contributed by atoms with van der Waals surface area (Å²) in [5.41, 5.74) is 1.47.